The van der Waals surface area contributed by atoms with E-state index in [1.54, 1.807) is 6.20 Å². The van der Waals surface area contributed by atoms with E-state index in [1.165, 1.54) is 5.56 Å². The molecular formula is C15H19N3S. The van der Waals surface area contributed by atoms with Gasteiger partial charge in [-0.15, -0.1) is 0 Å². The summed E-state index contributed by atoms with van der Waals surface area (Å²) >= 11 is 5.37. The molecule has 0 bridgehead atoms. The fourth-order valence-electron chi connectivity index (χ4n) is 1.82. The summed E-state index contributed by atoms with van der Waals surface area (Å²) in [7, 11) is 0. The third-order valence-corrected chi connectivity index (χ3v) is 3.47. The van der Waals surface area contributed by atoms with Gasteiger partial charge in [-0.3, -0.25) is 4.98 Å². The molecule has 2 aromatic rings. The van der Waals surface area contributed by atoms with Gasteiger partial charge in [0.15, 0.2) is 0 Å². The third-order valence-electron chi connectivity index (χ3n) is 3.07. The number of hydrogen-bond donors (Lipinski definition) is 1. The van der Waals surface area contributed by atoms with Crippen LogP contribution in [-0.4, -0.2) is 15.0 Å². The van der Waals surface area contributed by atoms with Crippen LogP contribution >= 0.6 is 12.2 Å². The topological polar surface area (TPSA) is 41.6 Å². The molecule has 0 unspecified atom stereocenters. The highest BCUT2D eigenvalue weighted by molar-refractivity contribution is 7.71. The van der Waals surface area contributed by atoms with Crippen LogP contribution in [0.2, 0.25) is 0 Å². The lowest BCUT2D eigenvalue weighted by atomic mass is 9.95. The Labute approximate surface area is 119 Å². The predicted octanol–water partition coefficient (Wildman–Crippen LogP) is 3.73. The van der Waals surface area contributed by atoms with E-state index in [-0.39, 0.29) is 5.41 Å². The highest BCUT2D eigenvalue weighted by atomic mass is 32.1. The minimum Gasteiger partial charge on any atom is -0.346 e. The first-order valence-corrected chi connectivity index (χ1v) is 6.78. The smallest absolute Gasteiger partial charge is 0.132 e. The molecule has 0 saturated carbocycles. The van der Waals surface area contributed by atoms with Crippen molar-refractivity contribution in [3.8, 4) is 0 Å². The molecule has 4 heteroatoms. The molecule has 0 aliphatic rings. The second kappa shape index (κ2) is 5.21. The van der Waals surface area contributed by atoms with E-state index < -0.39 is 0 Å². The van der Waals surface area contributed by atoms with E-state index in [0.29, 0.717) is 4.64 Å². The fourth-order valence-corrected chi connectivity index (χ4v) is 2.03. The first-order valence-electron chi connectivity index (χ1n) is 6.37. The van der Waals surface area contributed by atoms with Crippen molar-refractivity contribution in [2.24, 2.45) is 0 Å². The summed E-state index contributed by atoms with van der Waals surface area (Å²) in [5.41, 5.74) is 3.30. The Hall–Kier alpha value is -1.55. The van der Waals surface area contributed by atoms with Crippen LogP contribution in [0.15, 0.2) is 24.5 Å². The van der Waals surface area contributed by atoms with Gasteiger partial charge in [0.1, 0.15) is 10.5 Å². The van der Waals surface area contributed by atoms with Gasteiger partial charge in [-0.25, -0.2) is 4.98 Å². The molecule has 0 aromatic carbocycles. The van der Waals surface area contributed by atoms with Crippen molar-refractivity contribution in [1.82, 2.24) is 15.0 Å². The van der Waals surface area contributed by atoms with Crippen LogP contribution in [0.4, 0.5) is 0 Å². The van der Waals surface area contributed by atoms with Crippen molar-refractivity contribution in [2.45, 2.75) is 39.5 Å². The van der Waals surface area contributed by atoms with Gasteiger partial charge in [0.05, 0.1) is 0 Å². The van der Waals surface area contributed by atoms with E-state index >= 15 is 0 Å². The lowest BCUT2D eigenvalue weighted by Gasteiger charge is -2.19. The minimum absolute atomic E-state index is 0.0368. The van der Waals surface area contributed by atoms with Crippen LogP contribution in [0.25, 0.3) is 0 Å². The molecule has 3 nitrogen and oxygen atoms in total. The summed E-state index contributed by atoms with van der Waals surface area (Å²) in [4.78, 5) is 12.1. The second-order valence-corrected chi connectivity index (χ2v) is 6.17. The summed E-state index contributed by atoms with van der Waals surface area (Å²) in [5, 5.41) is 0. The maximum Gasteiger partial charge on any atom is 0.132 e. The monoisotopic (exact) mass is 273 g/mol. The molecular weight excluding hydrogens is 254 g/mol. The van der Waals surface area contributed by atoms with Gasteiger partial charge in [-0.2, -0.15) is 0 Å². The number of rotatable bonds is 2. The summed E-state index contributed by atoms with van der Waals surface area (Å²) in [6.07, 6.45) is 4.47. The first-order chi connectivity index (χ1) is 8.88. The van der Waals surface area contributed by atoms with Crippen LogP contribution in [0.3, 0.4) is 0 Å². The average molecular weight is 273 g/mol. The number of H-pyrrole nitrogens is 1. The molecule has 100 valence electrons. The van der Waals surface area contributed by atoms with Gasteiger partial charge in [0.2, 0.25) is 0 Å². The van der Waals surface area contributed by atoms with Crippen LogP contribution < -0.4 is 0 Å². The molecule has 0 radical (unpaired) electrons. The highest BCUT2D eigenvalue weighted by Gasteiger charge is 2.18. The number of pyridine rings is 1. The molecule has 0 aliphatic heterocycles. The van der Waals surface area contributed by atoms with Crippen LogP contribution in [0, 0.1) is 11.6 Å². The largest absolute Gasteiger partial charge is 0.346 e. The van der Waals surface area contributed by atoms with Crippen molar-refractivity contribution in [3.63, 3.8) is 0 Å². The molecule has 2 heterocycles. The van der Waals surface area contributed by atoms with Gasteiger partial charge in [-0.05, 0) is 18.6 Å². The quantitative estimate of drug-likeness (QED) is 0.848. The van der Waals surface area contributed by atoms with Gasteiger partial charge in [-0.1, -0.05) is 39.1 Å². The van der Waals surface area contributed by atoms with Crippen molar-refractivity contribution < 1.29 is 0 Å². The number of aromatic amines is 1. The van der Waals surface area contributed by atoms with E-state index in [1.807, 2.05) is 19.2 Å². The number of aromatic nitrogens is 3. The zero-order chi connectivity index (χ0) is 14.0. The van der Waals surface area contributed by atoms with E-state index in [4.69, 9.17) is 12.2 Å². The summed E-state index contributed by atoms with van der Waals surface area (Å²) in [5.74, 6) is 0.932. The summed E-state index contributed by atoms with van der Waals surface area (Å²) in [6.45, 7) is 8.40. The molecule has 0 aliphatic carbocycles. The van der Waals surface area contributed by atoms with Gasteiger partial charge in [0.25, 0.3) is 0 Å². The highest BCUT2D eigenvalue weighted by Crippen LogP contribution is 2.21. The molecule has 2 aromatic heterocycles. The number of hydrogen-bond acceptors (Lipinski definition) is 3. The van der Waals surface area contributed by atoms with Gasteiger partial charge in [0, 0.05) is 35.5 Å². The number of nitrogens with zero attached hydrogens (tertiary/aromatic N) is 2. The SMILES string of the molecule is Cc1c(Cc2cccnc2)[nH]c(C(C)(C)C)nc1=S. The molecule has 0 amide bonds. The Morgan fingerprint density at radius 2 is 2.05 bits per heavy atom. The van der Waals surface area contributed by atoms with Gasteiger partial charge < -0.3 is 4.98 Å². The van der Waals surface area contributed by atoms with Crippen molar-refractivity contribution in [3.05, 3.63) is 51.8 Å². The normalized spacial score (nSPS) is 11.6. The van der Waals surface area contributed by atoms with Crippen molar-refractivity contribution >= 4 is 12.2 Å². The molecule has 0 saturated heterocycles. The first kappa shape index (κ1) is 13.9. The molecule has 0 fully saturated rings. The van der Waals surface area contributed by atoms with Gasteiger partial charge >= 0.3 is 0 Å². The summed E-state index contributed by atoms with van der Waals surface area (Å²) in [6, 6.07) is 4.02. The molecule has 2 rings (SSSR count). The number of nitrogens with one attached hydrogen (secondary N) is 1. The standard InChI is InChI=1S/C15H19N3S/c1-10-12(8-11-6-5-7-16-9-11)17-14(15(2,3)4)18-13(10)19/h5-7,9H,8H2,1-4H3,(H,17,18,19). The lowest BCUT2D eigenvalue weighted by molar-refractivity contribution is 0.540. The fraction of sp³-hybridized carbons (Fsp3) is 0.400. The lowest BCUT2D eigenvalue weighted by Crippen LogP contribution is -2.18. The van der Waals surface area contributed by atoms with Crippen LogP contribution in [-0.2, 0) is 11.8 Å². The third kappa shape index (κ3) is 3.26. The zero-order valence-corrected chi connectivity index (χ0v) is 12.6. The average Bonchev–Trinajstić information content (AvgIpc) is 2.34. The molecule has 19 heavy (non-hydrogen) atoms. The molecule has 1 N–H and O–H groups in total. The minimum atomic E-state index is -0.0368. The van der Waals surface area contributed by atoms with Crippen LogP contribution in [0.5, 0.6) is 0 Å². The maximum atomic E-state index is 5.37. The van der Waals surface area contributed by atoms with E-state index in [2.05, 4.69) is 41.8 Å². The Morgan fingerprint density at radius 1 is 1.32 bits per heavy atom. The predicted molar refractivity (Wildman–Crippen MR) is 79.9 cm³/mol. The molecule has 0 spiro atoms. The zero-order valence-electron chi connectivity index (χ0n) is 11.8. The Balaban J connectivity index is 2.45. The maximum absolute atomic E-state index is 5.37. The summed E-state index contributed by atoms with van der Waals surface area (Å²) < 4.78 is 0.683. The Morgan fingerprint density at radius 3 is 2.63 bits per heavy atom. The molecule has 0 atom stereocenters. The van der Waals surface area contributed by atoms with Crippen molar-refractivity contribution in [1.29, 1.82) is 0 Å². The Kier molecular flexibility index (Phi) is 3.80. The second-order valence-electron chi connectivity index (χ2n) is 5.78. The van der Waals surface area contributed by atoms with Crippen LogP contribution in [0.1, 0.15) is 43.4 Å². The van der Waals surface area contributed by atoms with E-state index in [0.717, 1.165) is 23.5 Å². The Bertz CT molecular complexity index is 624. The van der Waals surface area contributed by atoms with Crippen molar-refractivity contribution in [2.75, 3.05) is 0 Å². The van der Waals surface area contributed by atoms with E-state index in [9.17, 15) is 0 Å².